The molecule has 0 bridgehead atoms. The minimum absolute atomic E-state index is 0.0471. The zero-order chi connectivity index (χ0) is 16.4. The summed E-state index contributed by atoms with van der Waals surface area (Å²) in [6.45, 7) is 2.93. The van der Waals surface area contributed by atoms with Crippen molar-refractivity contribution in [3.8, 4) is 0 Å². The van der Waals surface area contributed by atoms with Crippen LogP contribution in [0.1, 0.15) is 38.2 Å². The van der Waals surface area contributed by atoms with E-state index in [9.17, 15) is 9.50 Å². The Hall–Kier alpha value is -1.01. The minimum Gasteiger partial charge on any atom is -0.366 e. The zero-order valence-corrected chi connectivity index (χ0v) is 13.8. The van der Waals surface area contributed by atoms with Crippen LogP contribution in [-0.4, -0.2) is 37.0 Å². The van der Waals surface area contributed by atoms with Gasteiger partial charge in [-0.05, 0) is 62.9 Å². The molecule has 1 atom stereocenters. The molecular formula is C17H28FN3O. The number of halogens is 1. The lowest BCUT2D eigenvalue weighted by molar-refractivity contribution is 0.0328. The molecule has 0 spiro atoms. The predicted octanol–water partition coefficient (Wildman–Crippen LogP) is 1.99. The molecule has 1 saturated carbocycles. The maximum atomic E-state index is 13.2. The van der Waals surface area contributed by atoms with Gasteiger partial charge in [-0.25, -0.2) is 4.39 Å². The Morgan fingerprint density at radius 1 is 1.23 bits per heavy atom. The van der Waals surface area contributed by atoms with Crippen molar-refractivity contribution in [1.29, 1.82) is 0 Å². The highest BCUT2D eigenvalue weighted by Crippen LogP contribution is 2.47. The summed E-state index contributed by atoms with van der Waals surface area (Å²) in [7, 11) is 4.18. The summed E-state index contributed by atoms with van der Waals surface area (Å²) in [4.78, 5) is 2.25. The summed E-state index contributed by atoms with van der Waals surface area (Å²) in [6, 6.07) is 6.89. The molecule has 0 aromatic heterocycles. The fourth-order valence-corrected chi connectivity index (χ4v) is 3.55. The Morgan fingerprint density at radius 3 is 2.23 bits per heavy atom. The molecule has 0 amide bonds. The molecule has 0 aliphatic heterocycles. The first kappa shape index (κ1) is 17.3. The number of nitrogens with two attached hydrogens (primary N) is 1. The van der Waals surface area contributed by atoms with Gasteiger partial charge in [-0.15, -0.1) is 0 Å². The molecule has 1 fully saturated rings. The zero-order valence-electron chi connectivity index (χ0n) is 13.8. The van der Waals surface area contributed by atoms with Crippen molar-refractivity contribution in [2.24, 2.45) is 11.1 Å². The largest absolute Gasteiger partial charge is 0.366 e. The molecule has 4 N–H and O–H groups in total. The summed E-state index contributed by atoms with van der Waals surface area (Å²) in [5.41, 5.74) is 6.63. The van der Waals surface area contributed by atoms with Crippen LogP contribution in [0.15, 0.2) is 24.3 Å². The molecule has 4 nitrogen and oxygen atoms in total. The first-order valence-corrected chi connectivity index (χ1v) is 7.88. The summed E-state index contributed by atoms with van der Waals surface area (Å²) < 4.78 is 13.2. The summed E-state index contributed by atoms with van der Waals surface area (Å²) in [5.74, 6) is -0.195. The van der Waals surface area contributed by atoms with E-state index >= 15 is 0 Å². The van der Waals surface area contributed by atoms with Crippen LogP contribution in [0, 0.1) is 11.2 Å². The summed E-state index contributed by atoms with van der Waals surface area (Å²) in [6.07, 6.45) is 3.11. The Morgan fingerprint density at radius 2 is 1.77 bits per heavy atom. The summed E-state index contributed by atoms with van der Waals surface area (Å²) >= 11 is 0. The topological polar surface area (TPSA) is 61.5 Å². The molecule has 124 valence electrons. The second kappa shape index (κ2) is 6.62. The van der Waals surface area contributed by atoms with Crippen LogP contribution in [0.5, 0.6) is 0 Å². The molecule has 22 heavy (non-hydrogen) atoms. The SMILES string of the molecule is CN(C)[C@]1(c2ccc(F)cc2)CC[C@@](C)(CNC(N)O)CC1. The molecule has 1 unspecified atom stereocenters. The van der Waals surface area contributed by atoms with Crippen LogP contribution in [-0.2, 0) is 5.54 Å². The average molecular weight is 309 g/mol. The lowest BCUT2D eigenvalue weighted by Crippen LogP contribution is -2.50. The van der Waals surface area contributed by atoms with Crippen LogP contribution in [0.4, 0.5) is 4.39 Å². The quantitative estimate of drug-likeness (QED) is 0.728. The van der Waals surface area contributed by atoms with Crippen molar-refractivity contribution in [3.05, 3.63) is 35.6 Å². The number of nitrogens with one attached hydrogen (secondary N) is 1. The fraction of sp³-hybridized carbons (Fsp3) is 0.647. The van der Waals surface area contributed by atoms with E-state index in [1.165, 1.54) is 5.56 Å². The molecule has 1 aliphatic rings. The minimum atomic E-state index is -0.963. The van der Waals surface area contributed by atoms with E-state index in [2.05, 4.69) is 31.2 Å². The fourth-order valence-electron chi connectivity index (χ4n) is 3.55. The third kappa shape index (κ3) is 3.66. The monoisotopic (exact) mass is 309 g/mol. The molecule has 2 rings (SSSR count). The summed E-state index contributed by atoms with van der Waals surface area (Å²) in [5, 5.41) is 12.1. The van der Waals surface area contributed by atoms with Crippen LogP contribution >= 0.6 is 0 Å². The third-order valence-electron chi connectivity index (χ3n) is 5.26. The van der Waals surface area contributed by atoms with Crippen molar-refractivity contribution in [2.45, 2.75) is 44.5 Å². The highest BCUT2D eigenvalue weighted by atomic mass is 19.1. The average Bonchev–Trinajstić information content (AvgIpc) is 2.47. The van der Waals surface area contributed by atoms with Gasteiger partial charge in [-0.3, -0.25) is 16.0 Å². The van der Waals surface area contributed by atoms with Gasteiger partial charge in [0.05, 0.1) is 0 Å². The van der Waals surface area contributed by atoms with E-state index in [4.69, 9.17) is 5.73 Å². The molecule has 0 heterocycles. The molecule has 1 aliphatic carbocycles. The standard InChI is InChI=1S/C17H28FN3O/c1-16(12-20-15(19)22)8-10-17(11-9-16,21(2)3)13-4-6-14(18)7-5-13/h4-7,15,20,22H,8-12,19H2,1-3H3/t15?,16-,17-. The second-order valence-electron chi connectivity index (χ2n) is 7.07. The van der Waals surface area contributed by atoms with E-state index in [0.29, 0.717) is 6.54 Å². The van der Waals surface area contributed by atoms with Crippen molar-refractivity contribution < 1.29 is 9.50 Å². The van der Waals surface area contributed by atoms with Gasteiger partial charge in [-0.1, -0.05) is 19.1 Å². The van der Waals surface area contributed by atoms with Gasteiger partial charge in [0.25, 0.3) is 0 Å². The van der Waals surface area contributed by atoms with E-state index in [0.717, 1.165) is 25.7 Å². The van der Waals surface area contributed by atoms with Crippen molar-refractivity contribution in [1.82, 2.24) is 10.2 Å². The van der Waals surface area contributed by atoms with Gasteiger partial charge < -0.3 is 5.11 Å². The van der Waals surface area contributed by atoms with Gasteiger partial charge in [-0.2, -0.15) is 0 Å². The van der Waals surface area contributed by atoms with Gasteiger partial charge in [0.1, 0.15) is 5.82 Å². The molecule has 0 radical (unpaired) electrons. The van der Waals surface area contributed by atoms with Gasteiger partial charge >= 0.3 is 0 Å². The number of hydrogen-bond acceptors (Lipinski definition) is 4. The Bertz CT molecular complexity index is 479. The van der Waals surface area contributed by atoms with Crippen LogP contribution in [0.25, 0.3) is 0 Å². The Kier molecular flexibility index (Phi) is 5.22. The molecule has 1 aromatic carbocycles. The number of aliphatic hydroxyl groups is 1. The number of rotatable bonds is 5. The first-order valence-electron chi connectivity index (χ1n) is 7.88. The lowest BCUT2D eigenvalue weighted by Gasteiger charge is -2.49. The second-order valence-corrected chi connectivity index (χ2v) is 7.07. The highest BCUT2D eigenvalue weighted by molar-refractivity contribution is 5.26. The normalized spacial score (nSPS) is 30.5. The van der Waals surface area contributed by atoms with E-state index < -0.39 is 6.35 Å². The van der Waals surface area contributed by atoms with Gasteiger partial charge in [0.2, 0.25) is 0 Å². The molecular weight excluding hydrogens is 281 g/mol. The van der Waals surface area contributed by atoms with Gasteiger partial charge in [0.15, 0.2) is 6.35 Å². The van der Waals surface area contributed by atoms with E-state index in [1.807, 2.05) is 12.1 Å². The molecule has 5 heteroatoms. The number of nitrogens with zero attached hydrogens (tertiary/aromatic N) is 1. The van der Waals surface area contributed by atoms with E-state index in [1.54, 1.807) is 12.1 Å². The number of aliphatic hydroxyl groups excluding tert-OH is 1. The highest BCUT2D eigenvalue weighted by Gasteiger charge is 2.42. The van der Waals surface area contributed by atoms with Crippen molar-refractivity contribution in [2.75, 3.05) is 20.6 Å². The van der Waals surface area contributed by atoms with Gasteiger partial charge in [0, 0.05) is 12.1 Å². The van der Waals surface area contributed by atoms with E-state index in [-0.39, 0.29) is 16.8 Å². The molecule has 0 saturated heterocycles. The molecule has 1 aromatic rings. The first-order chi connectivity index (χ1) is 10.3. The Labute approximate surface area is 132 Å². The number of hydrogen-bond donors (Lipinski definition) is 3. The van der Waals surface area contributed by atoms with Crippen LogP contribution in [0.2, 0.25) is 0 Å². The smallest absolute Gasteiger partial charge is 0.157 e. The van der Waals surface area contributed by atoms with Crippen LogP contribution < -0.4 is 11.1 Å². The van der Waals surface area contributed by atoms with Crippen molar-refractivity contribution >= 4 is 0 Å². The predicted molar refractivity (Wildman–Crippen MR) is 86.5 cm³/mol. The van der Waals surface area contributed by atoms with Crippen LogP contribution in [0.3, 0.4) is 0 Å². The lowest BCUT2D eigenvalue weighted by atomic mass is 9.65. The maximum Gasteiger partial charge on any atom is 0.157 e. The maximum absolute atomic E-state index is 13.2. The number of benzene rings is 1. The van der Waals surface area contributed by atoms with Crippen molar-refractivity contribution in [3.63, 3.8) is 0 Å². The third-order valence-corrected chi connectivity index (χ3v) is 5.26. The Balaban J connectivity index is 2.14.